The fraction of sp³-hybridized carbons (Fsp3) is 0.720. The lowest BCUT2D eigenvalue weighted by Gasteiger charge is -2.39. The first kappa shape index (κ1) is 26.4. The highest BCUT2D eigenvalue weighted by atomic mass is 35.5. The van der Waals surface area contributed by atoms with Crippen molar-refractivity contribution in [2.24, 2.45) is 11.8 Å². The number of hydrogen-bond donors (Lipinski definition) is 1. The standard InChI is InChI=1S/C25H39N3O.2ClH/c29-25(28-18-12-23(13-19-28)20-22-4-2-1-3-5-22)7-6-21-10-16-27(17-11-21)24-8-14-26-15-9-24;;/h1-5,21,23-24,26H,6-20H2;2*1H. The van der Waals surface area contributed by atoms with E-state index in [9.17, 15) is 4.79 Å². The second-order valence-corrected chi connectivity index (χ2v) is 9.51. The molecule has 3 saturated heterocycles. The van der Waals surface area contributed by atoms with Crippen LogP contribution in [0.4, 0.5) is 0 Å². The van der Waals surface area contributed by atoms with Crippen molar-refractivity contribution in [2.75, 3.05) is 39.3 Å². The van der Waals surface area contributed by atoms with Gasteiger partial charge in [0.25, 0.3) is 0 Å². The van der Waals surface area contributed by atoms with E-state index in [0.717, 1.165) is 56.7 Å². The van der Waals surface area contributed by atoms with E-state index in [2.05, 4.69) is 45.4 Å². The van der Waals surface area contributed by atoms with Gasteiger partial charge in [-0.25, -0.2) is 0 Å². The number of piperidine rings is 3. The maximum Gasteiger partial charge on any atom is 0.222 e. The molecule has 3 fully saturated rings. The normalized spacial score (nSPS) is 21.9. The third kappa shape index (κ3) is 7.92. The van der Waals surface area contributed by atoms with Crippen molar-refractivity contribution in [1.82, 2.24) is 15.1 Å². The number of carbonyl (C=O) groups excluding carboxylic acids is 1. The zero-order valence-electron chi connectivity index (χ0n) is 18.8. The number of hydrogen-bond acceptors (Lipinski definition) is 3. The van der Waals surface area contributed by atoms with Gasteiger partial charge in [0, 0.05) is 25.6 Å². The molecule has 1 N–H and O–H groups in total. The first-order chi connectivity index (χ1) is 14.3. The fourth-order valence-corrected chi connectivity index (χ4v) is 5.60. The maximum absolute atomic E-state index is 12.7. The molecule has 0 saturated carbocycles. The van der Waals surface area contributed by atoms with Crippen molar-refractivity contribution >= 4 is 30.7 Å². The minimum Gasteiger partial charge on any atom is -0.343 e. The van der Waals surface area contributed by atoms with Gasteiger partial charge in [-0.05, 0) is 94.9 Å². The number of nitrogens with one attached hydrogen (secondary N) is 1. The first-order valence-corrected chi connectivity index (χ1v) is 12.0. The van der Waals surface area contributed by atoms with Gasteiger partial charge >= 0.3 is 0 Å². The Kier molecular flexibility index (Phi) is 11.7. The quantitative estimate of drug-likeness (QED) is 0.663. The van der Waals surface area contributed by atoms with Crippen LogP contribution in [0, 0.1) is 11.8 Å². The van der Waals surface area contributed by atoms with Gasteiger partial charge in [0.15, 0.2) is 0 Å². The van der Waals surface area contributed by atoms with Gasteiger partial charge < -0.3 is 15.1 Å². The van der Waals surface area contributed by atoms with Crippen LogP contribution in [0.5, 0.6) is 0 Å². The van der Waals surface area contributed by atoms with E-state index in [4.69, 9.17) is 0 Å². The van der Waals surface area contributed by atoms with E-state index in [0.29, 0.717) is 5.91 Å². The first-order valence-electron chi connectivity index (χ1n) is 12.0. The van der Waals surface area contributed by atoms with E-state index in [1.54, 1.807) is 0 Å². The predicted octanol–water partition coefficient (Wildman–Crippen LogP) is 4.56. The van der Waals surface area contributed by atoms with E-state index in [1.807, 2.05) is 0 Å². The lowest BCUT2D eigenvalue weighted by atomic mass is 9.89. The predicted molar refractivity (Wildman–Crippen MR) is 133 cm³/mol. The molecule has 4 rings (SSSR count). The SMILES string of the molecule is Cl.Cl.O=C(CCC1CCN(C2CCNCC2)CC1)N1CCC(Cc2ccccc2)CC1. The van der Waals surface area contributed by atoms with Crippen molar-refractivity contribution in [3.63, 3.8) is 0 Å². The number of benzene rings is 1. The Bertz CT molecular complexity index is 623. The number of halogens is 2. The molecule has 6 heteroatoms. The van der Waals surface area contributed by atoms with Crippen LogP contribution in [0.3, 0.4) is 0 Å². The summed E-state index contributed by atoms with van der Waals surface area (Å²) in [7, 11) is 0. The monoisotopic (exact) mass is 469 g/mol. The second-order valence-electron chi connectivity index (χ2n) is 9.51. The van der Waals surface area contributed by atoms with Gasteiger partial charge in [-0.15, -0.1) is 24.8 Å². The molecule has 0 spiro atoms. The summed E-state index contributed by atoms with van der Waals surface area (Å²) in [6.45, 7) is 6.78. The summed E-state index contributed by atoms with van der Waals surface area (Å²) in [5, 5.41) is 3.47. The summed E-state index contributed by atoms with van der Waals surface area (Å²) in [6, 6.07) is 11.6. The van der Waals surface area contributed by atoms with Crippen LogP contribution in [-0.2, 0) is 11.2 Å². The summed E-state index contributed by atoms with van der Waals surface area (Å²) >= 11 is 0. The molecule has 3 aliphatic heterocycles. The average molecular weight is 471 g/mol. The highest BCUT2D eigenvalue weighted by Crippen LogP contribution is 2.27. The molecule has 3 heterocycles. The summed E-state index contributed by atoms with van der Waals surface area (Å²) < 4.78 is 0. The van der Waals surface area contributed by atoms with Crippen LogP contribution in [0.2, 0.25) is 0 Å². The summed E-state index contributed by atoms with van der Waals surface area (Å²) in [6.07, 6.45) is 10.5. The molecule has 1 aromatic carbocycles. The topological polar surface area (TPSA) is 35.6 Å². The molecule has 0 unspecified atom stereocenters. The van der Waals surface area contributed by atoms with E-state index < -0.39 is 0 Å². The van der Waals surface area contributed by atoms with Gasteiger partial charge in [-0.3, -0.25) is 4.79 Å². The molecule has 4 nitrogen and oxygen atoms in total. The van der Waals surface area contributed by atoms with Crippen LogP contribution in [0.25, 0.3) is 0 Å². The molecule has 0 radical (unpaired) electrons. The molecule has 0 aromatic heterocycles. The smallest absolute Gasteiger partial charge is 0.222 e. The molecular weight excluding hydrogens is 429 g/mol. The Balaban J connectivity index is 0.00000171. The molecule has 31 heavy (non-hydrogen) atoms. The van der Waals surface area contributed by atoms with E-state index in [1.165, 1.54) is 63.8 Å². The van der Waals surface area contributed by atoms with Crippen LogP contribution in [0.15, 0.2) is 30.3 Å². The summed E-state index contributed by atoms with van der Waals surface area (Å²) in [5.41, 5.74) is 1.44. The largest absolute Gasteiger partial charge is 0.343 e. The van der Waals surface area contributed by atoms with Gasteiger partial charge in [-0.1, -0.05) is 30.3 Å². The Hall–Kier alpha value is -0.810. The zero-order valence-corrected chi connectivity index (χ0v) is 20.5. The lowest BCUT2D eigenvalue weighted by Crippen LogP contribution is -2.46. The molecule has 1 aromatic rings. The molecule has 1 amide bonds. The third-order valence-corrected chi connectivity index (χ3v) is 7.58. The number of amides is 1. The Morgan fingerprint density at radius 3 is 2.10 bits per heavy atom. The van der Waals surface area contributed by atoms with Crippen molar-refractivity contribution in [2.45, 2.75) is 63.8 Å². The number of likely N-dealkylation sites (tertiary alicyclic amines) is 2. The number of nitrogens with zero attached hydrogens (tertiary/aromatic N) is 2. The van der Waals surface area contributed by atoms with Gasteiger partial charge in [0.1, 0.15) is 0 Å². The van der Waals surface area contributed by atoms with Gasteiger partial charge in [-0.2, -0.15) is 0 Å². The number of carbonyl (C=O) groups is 1. The third-order valence-electron chi connectivity index (χ3n) is 7.58. The summed E-state index contributed by atoms with van der Waals surface area (Å²) in [5.74, 6) is 1.90. The average Bonchev–Trinajstić information content (AvgIpc) is 2.80. The summed E-state index contributed by atoms with van der Waals surface area (Å²) in [4.78, 5) is 17.6. The van der Waals surface area contributed by atoms with Crippen LogP contribution in [0.1, 0.15) is 56.9 Å². The minimum atomic E-state index is 0. The second kappa shape index (κ2) is 13.7. The molecule has 0 aliphatic carbocycles. The van der Waals surface area contributed by atoms with Crippen molar-refractivity contribution < 1.29 is 4.79 Å². The Morgan fingerprint density at radius 1 is 0.839 bits per heavy atom. The highest BCUT2D eigenvalue weighted by molar-refractivity contribution is 5.85. The minimum absolute atomic E-state index is 0. The molecular formula is C25H41Cl2N3O. The molecule has 0 bridgehead atoms. The van der Waals surface area contributed by atoms with Crippen LogP contribution < -0.4 is 5.32 Å². The molecule has 176 valence electrons. The van der Waals surface area contributed by atoms with Gasteiger partial charge in [0.2, 0.25) is 5.91 Å². The van der Waals surface area contributed by atoms with Crippen molar-refractivity contribution in [1.29, 1.82) is 0 Å². The number of rotatable bonds is 6. The van der Waals surface area contributed by atoms with E-state index in [-0.39, 0.29) is 24.8 Å². The lowest BCUT2D eigenvalue weighted by molar-refractivity contribution is -0.133. The maximum atomic E-state index is 12.7. The Morgan fingerprint density at radius 2 is 1.45 bits per heavy atom. The van der Waals surface area contributed by atoms with Crippen molar-refractivity contribution in [3.8, 4) is 0 Å². The highest BCUT2D eigenvalue weighted by Gasteiger charge is 2.27. The zero-order chi connectivity index (χ0) is 19.9. The van der Waals surface area contributed by atoms with Gasteiger partial charge in [0.05, 0.1) is 0 Å². The van der Waals surface area contributed by atoms with Crippen LogP contribution >= 0.6 is 24.8 Å². The van der Waals surface area contributed by atoms with Crippen molar-refractivity contribution in [3.05, 3.63) is 35.9 Å². The molecule has 3 aliphatic rings. The van der Waals surface area contributed by atoms with Crippen LogP contribution in [-0.4, -0.2) is 61.0 Å². The molecule has 0 atom stereocenters. The Labute approximate surface area is 201 Å². The van der Waals surface area contributed by atoms with E-state index >= 15 is 0 Å². The fourth-order valence-electron chi connectivity index (χ4n) is 5.60.